The molecule has 1 aromatic heterocycles. The van der Waals surface area contributed by atoms with Gasteiger partial charge in [-0.25, -0.2) is 8.42 Å². The zero-order valence-corrected chi connectivity index (χ0v) is 10.9. The second-order valence-electron chi connectivity index (χ2n) is 4.57. The number of nitrogens with one attached hydrogen (secondary N) is 1. The minimum Gasteiger partial charge on any atom is -0.423 e. The molecular weight excluding hydrogens is 266 g/mol. The first-order valence-electron chi connectivity index (χ1n) is 5.96. The lowest BCUT2D eigenvalue weighted by molar-refractivity contribution is 0.568. The van der Waals surface area contributed by atoms with Crippen molar-refractivity contribution in [3.63, 3.8) is 0 Å². The lowest BCUT2D eigenvalue weighted by Crippen LogP contribution is -2.20. The Morgan fingerprint density at radius 3 is 2.63 bits per heavy atom. The van der Waals surface area contributed by atoms with Gasteiger partial charge in [0.15, 0.2) is 9.84 Å². The van der Waals surface area contributed by atoms with Crippen LogP contribution in [0.15, 0.2) is 35.1 Å². The molecule has 6 nitrogen and oxygen atoms in total. The molecule has 1 aliphatic heterocycles. The van der Waals surface area contributed by atoms with Crippen LogP contribution in [0, 0.1) is 0 Å². The molecule has 0 aliphatic carbocycles. The van der Waals surface area contributed by atoms with E-state index in [4.69, 9.17) is 4.42 Å². The van der Waals surface area contributed by atoms with E-state index in [1.54, 1.807) is 0 Å². The molecule has 1 N–H and O–H groups in total. The number of aromatic nitrogens is 2. The van der Waals surface area contributed by atoms with Gasteiger partial charge in [-0.1, -0.05) is 0 Å². The Morgan fingerprint density at radius 2 is 2.05 bits per heavy atom. The van der Waals surface area contributed by atoms with Gasteiger partial charge >= 0.3 is 0 Å². The van der Waals surface area contributed by atoms with Crippen LogP contribution in [0.4, 0.5) is 5.69 Å². The molecule has 0 saturated carbocycles. The number of sulfone groups is 1. The fraction of sp³-hybridized carbons (Fsp3) is 0.333. The van der Waals surface area contributed by atoms with E-state index in [1.807, 2.05) is 24.3 Å². The lowest BCUT2D eigenvalue weighted by atomic mass is 10.2. The van der Waals surface area contributed by atoms with Gasteiger partial charge in [0.25, 0.3) is 0 Å². The summed E-state index contributed by atoms with van der Waals surface area (Å²) in [6, 6.07) is 7.48. The van der Waals surface area contributed by atoms with Crippen LogP contribution in [0.5, 0.6) is 0 Å². The molecule has 7 heteroatoms. The lowest BCUT2D eigenvalue weighted by Gasteiger charge is -2.12. The molecule has 2 heterocycles. The van der Waals surface area contributed by atoms with Crippen molar-refractivity contribution in [2.75, 3.05) is 16.8 Å². The van der Waals surface area contributed by atoms with Crippen LogP contribution in [-0.4, -0.2) is 36.2 Å². The molecule has 1 atom stereocenters. The second kappa shape index (κ2) is 4.65. The number of benzene rings is 1. The monoisotopic (exact) mass is 279 g/mol. The fourth-order valence-corrected chi connectivity index (χ4v) is 3.83. The van der Waals surface area contributed by atoms with Gasteiger partial charge in [-0.2, -0.15) is 0 Å². The maximum Gasteiger partial charge on any atom is 0.247 e. The molecule has 100 valence electrons. The summed E-state index contributed by atoms with van der Waals surface area (Å²) < 4.78 is 27.8. The summed E-state index contributed by atoms with van der Waals surface area (Å²) >= 11 is 0. The molecule has 1 fully saturated rings. The van der Waals surface area contributed by atoms with Crippen molar-refractivity contribution < 1.29 is 12.8 Å². The average Bonchev–Trinajstić information content (AvgIpc) is 3.00. The van der Waals surface area contributed by atoms with E-state index in [2.05, 4.69) is 15.5 Å². The van der Waals surface area contributed by atoms with Gasteiger partial charge in [-0.15, -0.1) is 10.2 Å². The van der Waals surface area contributed by atoms with Gasteiger partial charge < -0.3 is 9.73 Å². The van der Waals surface area contributed by atoms with Crippen molar-refractivity contribution in [1.29, 1.82) is 0 Å². The molecule has 0 amide bonds. The first-order chi connectivity index (χ1) is 9.12. The summed E-state index contributed by atoms with van der Waals surface area (Å²) in [5.74, 6) is 0.943. The highest BCUT2D eigenvalue weighted by Crippen LogP contribution is 2.21. The summed E-state index contributed by atoms with van der Waals surface area (Å²) in [6.07, 6.45) is 1.94. The van der Waals surface area contributed by atoms with E-state index in [9.17, 15) is 8.42 Å². The predicted octanol–water partition coefficient (Wildman–Crippen LogP) is 1.34. The van der Waals surface area contributed by atoms with E-state index >= 15 is 0 Å². The number of anilines is 1. The third-order valence-electron chi connectivity index (χ3n) is 3.10. The summed E-state index contributed by atoms with van der Waals surface area (Å²) in [6.45, 7) is 0. The Bertz CT molecular complexity index is 650. The molecule has 3 rings (SSSR count). The van der Waals surface area contributed by atoms with E-state index < -0.39 is 9.84 Å². The normalized spacial score (nSPS) is 21.4. The van der Waals surface area contributed by atoms with Gasteiger partial charge in [0.05, 0.1) is 11.5 Å². The first kappa shape index (κ1) is 12.2. The quantitative estimate of drug-likeness (QED) is 0.912. The van der Waals surface area contributed by atoms with Crippen LogP contribution in [0.3, 0.4) is 0 Å². The van der Waals surface area contributed by atoms with E-state index in [0.29, 0.717) is 12.3 Å². The highest BCUT2D eigenvalue weighted by Gasteiger charge is 2.27. The van der Waals surface area contributed by atoms with Gasteiger partial charge in [0.2, 0.25) is 12.3 Å². The summed E-state index contributed by atoms with van der Waals surface area (Å²) in [5, 5.41) is 10.7. The molecule has 1 aliphatic rings. The van der Waals surface area contributed by atoms with Gasteiger partial charge in [-0.3, -0.25) is 0 Å². The highest BCUT2D eigenvalue weighted by molar-refractivity contribution is 7.91. The Kier molecular flexibility index (Phi) is 2.98. The van der Waals surface area contributed by atoms with E-state index in [-0.39, 0.29) is 17.5 Å². The molecule has 0 spiro atoms. The van der Waals surface area contributed by atoms with Crippen LogP contribution in [0.2, 0.25) is 0 Å². The average molecular weight is 279 g/mol. The zero-order chi connectivity index (χ0) is 13.3. The van der Waals surface area contributed by atoms with Gasteiger partial charge in [0, 0.05) is 17.3 Å². The zero-order valence-electron chi connectivity index (χ0n) is 10.1. The largest absolute Gasteiger partial charge is 0.423 e. The van der Waals surface area contributed by atoms with Crippen LogP contribution in [-0.2, 0) is 9.84 Å². The van der Waals surface area contributed by atoms with Crippen LogP contribution in [0.1, 0.15) is 6.42 Å². The Balaban J connectivity index is 1.70. The van der Waals surface area contributed by atoms with Crippen LogP contribution >= 0.6 is 0 Å². The van der Waals surface area contributed by atoms with Crippen molar-refractivity contribution in [2.24, 2.45) is 0 Å². The summed E-state index contributed by atoms with van der Waals surface area (Å²) in [7, 11) is -2.85. The molecule has 1 saturated heterocycles. The Hall–Kier alpha value is -1.89. The van der Waals surface area contributed by atoms with Crippen LogP contribution in [0.25, 0.3) is 11.5 Å². The molecule has 1 unspecified atom stereocenters. The molecule has 1 aromatic carbocycles. The van der Waals surface area contributed by atoms with Crippen molar-refractivity contribution in [3.8, 4) is 11.5 Å². The van der Waals surface area contributed by atoms with Gasteiger partial charge in [0.1, 0.15) is 0 Å². The highest BCUT2D eigenvalue weighted by atomic mass is 32.2. The SMILES string of the molecule is O=S1(=O)CCC(Nc2ccc(-c3nnco3)cc2)C1. The Labute approximate surface area is 110 Å². The molecular formula is C12H13N3O3S. The van der Waals surface area contributed by atoms with Crippen molar-refractivity contribution in [2.45, 2.75) is 12.5 Å². The number of hydrogen-bond acceptors (Lipinski definition) is 6. The van der Waals surface area contributed by atoms with Crippen molar-refractivity contribution >= 4 is 15.5 Å². The van der Waals surface area contributed by atoms with E-state index in [0.717, 1.165) is 11.3 Å². The topological polar surface area (TPSA) is 85.1 Å². The number of rotatable bonds is 3. The van der Waals surface area contributed by atoms with E-state index in [1.165, 1.54) is 6.39 Å². The summed E-state index contributed by atoms with van der Waals surface area (Å²) in [4.78, 5) is 0. The third kappa shape index (κ3) is 2.76. The first-order valence-corrected chi connectivity index (χ1v) is 7.78. The maximum atomic E-state index is 11.4. The molecule has 2 aromatic rings. The number of hydrogen-bond donors (Lipinski definition) is 1. The summed E-state index contributed by atoms with van der Waals surface area (Å²) in [5.41, 5.74) is 1.73. The van der Waals surface area contributed by atoms with Crippen LogP contribution < -0.4 is 5.32 Å². The van der Waals surface area contributed by atoms with Gasteiger partial charge in [-0.05, 0) is 30.7 Å². The standard InChI is InChI=1S/C12H13N3O3S/c16-19(17)6-5-11(7-19)14-10-3-1-9(2-4-10)12-15-13-8-18-12/h1-4,8,11,14H,5-7H2. The maximum absolute atomic E-state index is 11.4. The smallest absolute Gasteiger partial charge is 0.247 e. The predicted molar refractivity (Wildman–Crippen MR) is 70.4 cm³/mol. The second-order valence-corrected chi connectivity index (χ2v) is 6.79. The third-order valence-corrected chi connectivity index (χ3v) is 4.86. The molecule has 19 heavy (non-hydrogen) atoms. The molecule has 0 bridgehead atoms. The minimum atomic E-state index is -2.85. The number of nitrogens with zero attached hydrogens (tertiary/aromatic N) is 2. The Morgan fingerprint density at radius 1 is 1.26 bits per heavy atom. The molecule has 0 radical (unpaired) electrons. The fourth-order valence-electron chi connectivity index (χ4n) is 2.15. The minimum absolute atomic E-state index is 0.000690. The van der Waals surface area contributed by atoms with Crippen molar-refractivity contribution in [1.82, 2.24) is 10.2 Å². The van der Waals surface area contributed by atoms with Crippen molar-refractivity contribution in [3.05, 3.63) is 30.7 Å².